The van der Waals surface area contributed by atoms with Gasteiger partial charge in [-0.2, -0.15) is 0 Å². The number of hydrogen-bond donors (Lipinski definition) is 0. The molecule has 0 aliphatic rings. The first-order valence-electron chi connectivity index (χ1n) is 16.5. The van der Waals surface area contributed by atoms with Gasteiger partial charge in [-0.3, -0.25) is 0 Å². The van der Waals surface area contributed by atoms with Gasteiger partial charge >= 0.3 is 0 Å². The van der Waals surface area contributed by atoms with Crippen molar-refractivity contribution < 1.29 is 0 Å². The molecule has 6 rings (SSSR count). The van der Waals surface area contributed by atoms with Crippen molar-refractivity contribution in [3.63, 3.8) is 0 Å². The molecule has 1 heterocycles. The van der Waals surface area contributed by atoms with E-state index in [4.69, 9.17) is 0 Å². The second-order valence-corrected chi connectivity index (χ2v) is 14.1. The van der Waals surface area contributed by atoms with Crippen LogP contribution in [-0.4, -0.2) is 26.9 Å². The maximum atomic E-state index is 4.43. The van der Waals surface area contributed by atoms with Crippen LogP contribution in [0.5, 0.6) is 0 Å². The molecule has 0 saturated heterocycles. The number of aromatic nitrogens is 2. The molecule has 0 N–H and O–H groups in total. The first-order chi connectivity index (χ1) is 22.2. The van der Waals surface area contributed by atoms with Gasteiger partial charge in [-0.05, 0) is 46.5 Å². The molecule has 4 heteroatoms. The van der Waals surface area contributed by atoms with E-state index in [2.05, 4.69) is 176 Å². The standard InChI is InChI=1S/C28H32N2Si.C13H13B/c1-2-3-4-7-12-24-17-19-27(20-18-24)31-28(30-22-21-29-23-30,25-13-8-5-9-14-25)26-15-10-6-11-16-26;14-13(11-7-3-1-4-8-11)12-9-5-2-6-10-12/h5-6,8-11,13-23H,2-4,7,12,31H2,1H3;1-10,13H,14H2. The third-order valence-corrected chi connectivity index (χ3v) is 11.4. The summed E-state index contributed by atoms with van der Waals surface area (Å²) in [6.45, 7) is 2.27. The normalized spacial score (nSPS) is 11.4. The summed E-state index contributed by atoms with van der Waals surface area (Å²) in [5.74, 6) is 0.484. The first kappa shape index (κ1) is 32.0. The number of nitrogens with zero attached hydrogens (tertiary/aromatic N) is 2. The van der Waals surface area contributed by atoms with Crippen LogP contribution in [0.1, 0.15) is 66.2 Å². The topological polar surface area (TPSA) is 17.8 Å². The summed E-state index contributed by atoms with van der Waals surface area (Å²) in [4.78, 5) is 4.43. The van der Waals surface area contributed by atoms with Crippen LogP contribution in [0.15, 0.2) is 164 Å². The van der Waals surface area contributed by atoms with Crippen molar-refractivity contribution in [2.45, 2.75) is 50.0 Å². The Morgan fingerprint density at radius 3 is 1.62 bits per heavy atom. The number of hydrogen-bond acceptors (Lipinski definition) is 1. The lowest BCUT2D eigenvalue weighted by atomic mass is 9.76. The molecule has 0 bridgehead atoms. The van der Waals surface area contributed by atoms with Crippen molar-refractivity contribution >= 4 is 22.6 Å². The SMILES string of the molecule is BC(c1ccccc1)c1ccccc1.CCCCCCc1ccc([SiH2]C(c2ccccc2)(c2ccccc2)n2ccnc2)cc1. The van der Waals surface area contributed by atoms with E-state index in [1.165, 1.54) is 65.1 Å². The fourth-order valence-electron chi connectivity index (χ4n) is 6.22. The second-order valence-electron chi connectivity index (χ2n) is 11.9. The fraction of sp³-hybridized carbons (Fsp3) is 0.195. The molecule has 6 aromatic rings. The molecular formula is C41H45BN2Si. The molecule has 5 aromatic carbocycles. The lowest BCUT2D eigenvalue weighted by Gasteiger charge is -2.37. The zero-order chi connectivity index (χ0) is 31.2. The van der Waals surface area contributed by atoms with Crippen molar-refractivity contribution in [1.29, 1.82) is 0 Å². The maximum Gasteiger partial charge on any atom is 0.116 e. The number of unbranched alkanes of at least 4 members (excludes halogenated alkanes) is 3. The fourth-order valence-corrected chi connectivity index (χ4v) is 8.54. The van der Waals surface area contributed by atoms with Gasteiger partial charge < -0.3 is 4.57 Å². The van der Waals surface area contributed by atoms with E-state index >= 15 is 0 Å². The minimum absolute atomic E-state index is 0.207. The van der Waals surface area contributed by atoms with E-state index < -0.39 is 9.52 Å². The zero-order valence-electron chi connectivity index (χ0n) is 26.8. The Labute approximate surface area is 273 Å². The molecular weight excluding hydrogens is 559 g/mol. The second kappa shape index (κ2) is 16.6. The summed E-state index contributed by atoms with van der Waals surface area (Å²) >= 11 is 0. The van der Waals surface area contributed by atoms with E-state index in [0.717, 1.165) is 0 Å². The summed E-state index contributed by atoms with van der Waals surface area (Å²) in [6.07, 6.45) is 12.4. The number of benzene rings is 5. The van der Waals surface area contributed by atoms with Crippen molar-refractivity contribution in [3.05, 3.63) is 192 Å². The van der Waals surface area contributed by atoms with Gasteiger partial charge in [0.15, 0.2) is 0 Å². The molecule has 0 unspecified atom stereocenters. The van der Waals surface area contributed by atoms with Gasteiger partial charge in [0.2, 0.25) is 0 Å². The van der Waals surface area contributed by atoms with Crippen molar-refractivity contribution in [2.75, 3.05) is 0 Å². The molecule has 0 aliphatic carbocycles. The molecule has 2 nitrogen and oxygen atoms in total. The monoisotopic (exact) mass is 604 g/mol. The summed E-state index contributed by atoms with van der Waals surface area (Å²) in [5.41, 5.74) is 6.86. The molecule has 0 aliphatic heterocycles. The Kier molecular flexibility index (Phi) is 11.8. The highest BCUT2D eigenvalue weighted by Crippen LogP contribution is 2.33. The third kappa shape index (κ3) is 8.40. The number of aryl methyl sites for hydroxylation is 1. The zero-order valence-corrected chi connectivity index (χ0v) is 28.2. The van der Waals surface area contributed by atoms with Crippen LogP contribution in [0.3, 0.4) is 0 Å². The van der Waals surface area contributed by atoms with Gasteiger partial charge in [0.1, 0.15) is 7.85 Å². The third-order valence-electron chi connectivity index (χ3n) is 8.85. The minimum Gasteiger partial charge on any atom is -0.326 e. The van der Waals surface area contributed by atoms with Gasteiger partial charge in [0.25, 0.3) is 0 Å². The lowest BCUT2D eigenvalue weighted by molar-refractivity contribution is 0.596. The largest absolute Gasteiger partial charge is 0.326 e. The van der Waals surface area contributed by atoms with Gasteiger partial charge in [-0.1, -0.05) is 177 Å². The van der Waals surface area contributed by atoms with Crippen LogP contribution in [0, 0.1) is 0 Å². The Bertz CT molecular complexity index is 1560. The van der Waals surface area contributed by atoms with Crippen LogP contribution < -0.4 is 5.19 Å². The molecule has 0 spiro atoms. The van der Waals surface area contributed by atoms with Gasteiger partial charge in [0.05, 0.1) is 21.0 Å². The van der Waals surface area contributed by atoms with Crippen LogP contribution in [0.25, 0.3) is 0 Å². The number of rotatable bonds is 12. The molecule has 0 radical (unpaired) electrons. The van der Waals surface area contributed by atoms with E-state index in [9.17, 15) is 0 Å². The van der Waals surface area contributed by atoms with Gasteiger partial charge in [-0.25, -0.2) is 4.98 Å². The molecule has 1 aromatic heterocycles. The maximum absolute atomic E-state index is 4.43. The van der Waals surface area contributed by atoms with Gasteiger partial charge in [0, 0.05) is 12.4 Å². The van der Waals surface area contributed by atoms with Gasteiger partial charge in [-0.15, -0.1) is 0 Å². The minimum atomic E-state index is -0.790. The highest BCUT2D eigenvalue weighted by atomic mass is 28.2. The molecule has 226 valence electrons. The average molecular weight is 605 g/mol. The van der Waals surface area contributed by atoms with E-state index in [0.29, 0.717) is 5.82 Å². The van der Waals surface area contributed by atoms with E-state index in [1.807, 2.05) is 12.5 Å². The Balaban J connectivity index is 0.000000238. The van der Waals surface area contributed by atoms with E-state index in [1.54, 1.807) is 0 Å². The average Bonchev–Trinajstić information content (AvgIpc) is 3.67. The quantitative estimate of drug-likeness (QED) is 0.104. The molecule has 0 saturated carbocycles. The predicted octanol–water partition coefficient (Wildman–Crippen LogP) is 7.66. The van der Waals surface area contributed by atoms with Crippen molar-refractivity contribution in [3.8, 4) is 0 Å². The smallest absolute Gasteiger partial charge is 0.116 e. The Morgan fingerprint density at radius 2 is 1.16 bits per heavy atom. The van der Waals surface area contributed by atoms with Crippen LogP contribution in [0.4, 0.5) is 0 Å². The lowest BCUT2D eigenvalue weighted by Crippen LogP contribution is -2.46. The van der Waals surface area contributed by atoms with Crippen molar-refractivity contribution in [2.24, 2.45) is 0 Å². The summed E-state index contributed by atoms with van der Waals surface area (Å²) in [7, 11) is 1.45. The Hall–Kier alpha value is -4.41. The summed E-state index contributed by atoms with van der Waals surface area (Å²) in [5, 5.41) is 1.26. The summed E-state index contributed by atoms with van der Waals surface area (Å²) < 4.78 is 2.32. The molecule has 0 fully saturated rings. The van der Waals surface area contributed by atoms with Crippen LogP contribution in [-0.2, 0) is 11.6 Å². The highest BCUT2D eigenvalue weighted by Gasteiger charge is 2.36. The molecule has 0 atom stereocenters. The van der Waals surface area contributed by atoms with Crippen molar-refractivity contribution in [1.82, 2.24) is 9.55 Å². The number of imidazole rings is 1. The van der Waals surface area contributed by atoms with Crippen LogP contribution >= 0.6 is 0 Å². The van der Waals surface area contributed by atoms with E-state index in [-0.39, 0.29) is 5.16 Å². The molecule has 0 amide bonds. The molecule has 45 heavy (non-hydrogen) atoms. The predicted molar refractivity (Wildman–Crippen MR) is 197 cm³/mol. The first-order valence-corrected chi connectivity index (χ1v) is 17.9. The Morgan fingerprint density at radius 1 is 0.644 bits per heavy atom. The van der Waals surface area contributed by atoms with Crippen LogP contribution in [0.2, 0.25) is 0 Å². The summed E-state index contributed by atoms with van der Waals surface area (Å²) in [6, 6.07) is 52.5. The highest BCUT2D eigenvalue weighted by molar-refractivity contribution is 6.57.